The van der Waals surface area contributed by atoms with Crippen LogP contribution in [-0.2, 0) is 0 Å². The zero-order valence-electron chi connectivity index (χ0n) is 14.4. The van der Waals surface area contributed by atoms with Gasteiger partial charge >= 0.3 is 0 Å². The van der Waals surface area contributed by atoms with E-state index in [4.69, 9.17) is 8.53 Å². The van der Waals surface area contributed by atoms with Gasteiger partial charge in [0.1, 0.15) is 5.58 Å². The van der Waals surface area contributed by atoms with Gasteiger partial charge in [-0.2, -0.15) is 0 Å². The van der Waals surface area contributed by atoms with Crippen LogP contribution in [-0.4, -0.2) is 9.97 Å². The van der Waals surface area contributed by atoms with E-state index in [1.807, 2.05) is 37.3 Å². The molecule has 0 aliphatic heterocycles. The highest BCUT2D eigenvalue weighted by Crippen LogP contribution is 2.34. The van der Waals surface area contributed by atoms with Gasteiger partial charge in [0.25, 0.3) is 0 Å². The number of rotatable bonds is 1. The number of furan rings is 1. The van der Waals surface area contributed by atoms with Crippen LogP contribution in [0.4, 0.5) is 0 Å². The summed E-state index contributed by atoms with van der Waals surface area (Å²) in [7, 11) is 0. The number of para-hydroxylation sites is 1. The standard InChI is InChI=1S/C18H14N2O/c1-11-8-9-19-16(10-11)15-5-3-4-13-14-7-6-12(2)20-18(14)21-17(13)15/h3-10H,1-2H3/i2D3. The Labute approximate surface area is 126 Å². The van der Waals surface area contributed by atoms with Crippen molar-refractivity contribution in [3.05, 3.63) is 59.9 Å². The molecule has 0 saturated carbocycles. The number of aryl methyl sites for hydroxylation is 2. The Balaban J connectivity index is 2.00. The van der Waals surface area contributed by atoms with Crippen LogP contribution >= 0.6 is 0 Å². The lowest BCUT2D eigenvalue weighted by Crippen LogP contribution is -1.84. The van der Waals surface area contributed by atoms with Crippen LogP contribution < -0.4 is 0 Å². The second-order valence-electron chi connectivity index (χ2n) is 5.05. The van der Waals surface area contributed by atoms with Crippen molar-refractivity contribution in [2.24, 2.45) is 0 Å². The van der Waals surface area contributed by atoms with E-state index >= 15 is 0 Å². The molecule has 4 rings (SSSR count). The predicted octanol–water partition coefficient (Wildman–Crippen LogP) is 4.66. The fourth-order valence-electron chi connectivity index (χ4n) is 2.56. The van der Waals surface area contributed by atoms with E-state index in [9.17, 15) is 0 Å². The van der Waals surface area contributed by atoms with Crippen LogP contribution in [0, 0.1) is 13.8 Å². The molecule has 0 radical (unpaired) electrons. The summed E-state index contributed by atoms with van der Waals surface area (Å²) in [5.74, 6) is 0. The fourth-order valence-corrected chi connectivity index (χ4v) is 2.56. The van der Waals surface area contributed by atoms with E-state index < -0.39 is 6.85 Å². The van der Waals surface area contributed by atoms with Crippen LogP contribution in [0.2, 0.25) is 0 Å². The number of hydrogen-bond acceptors (Lipinski definition) is 3. The first-order valence-electron chi connectivity index (χ1n) is 8.19. The highest BCUT2D eigenvalue weighted by molar-refractivity contribution is 6.08. The molecule has 0 atom stereocenters. The Hall–Kier alpha value is -2.68. The van der Waals surface area contributed by atoms with Gasteiger partial charge in [-0.3, -0.25) is 4.98 Å². The number of aromatic nitrogens is 2. The smallest absolute Gasteiger partial charge is 0.227 e. The molecular formula is C18H14N2O. The second-order valence-corrected chi connectivity index (χ2v) is 5.05. The van der Waals surface area contributed by atoms with Gasteiger partial charge in [0.2, 0.25) is 5.71 Å². The van der Waals surface area contributed by atoms with E-state index in [1.54, 1.807) is 12.3 Å². The first-order valence-corrected chi connectivity index (χ1v) is 6.69. The van der Waals surface area contributed by atoms with Gasteiger partial charge in [-0.15, -0.1) is 0 Å². The molecule has 0 fully saturated rings. The molecule has 3 heteroatoms. The maximum absolute atomic E-state index is 7.50. The molecule has 21 heavy (non-hydrogen) atoms. The van der Waals surface area contributed by atoms with E-state index in [-0.39, 0.29) is 5.69 Å². The van der Waals surface area contributed by atoms with Gasteiger partial charge in [-0.25, -0.2) is 4.98 Å². The monoisotopic (exact) mass is 277 g/mol. The minimum Gasteiger partial charge on any atom is -0.437 e. The van der Waals surface area contributed by atoms with Crippen molar-refractivity contribution >= 4 is 22.1 Å². The summed E-state index contributed by atoms with van der Waals surface area (Å²) in [4.78, 5) is 8.60. The van der Waals surface area contributed by atoms with Gasteiger partial charge in [0, 0.05) is 32.3 Å². The zero-order valence-corrected chi connectivity index (χ0v) is 11.4. The summed E-state index contributed by atoms with van der Waals surface area (Å²) >= 11 is 0. The lowest BCUT2D eigenvalue weighted by molar-refractivity contribution is 0.653. The van der Waals surface area contributed by atoms with Gasteiger partial charge in [0.15, 0.2) is 0 Å². The third kappa shape index (κ3) is 1.89. The molecule has 0 aliphatic carbocycles. The molecule has 0 saturated heterocycles. The second kappa shape index (κ2) is 4.42. The summed E-state index contributed by atoms with van der Waals surface area (Å²) in [6, 6.07) is 13.0. The molecule has 3 heterocycles. The molecule has 102 valence electrons. The van der Waals surface area contributed by atoms with Crippen molar-refractivity contribution in [3.8, 4) is 11.3 Å². The van der Waals surface area contributed by atoms with Gasteiger partial charge in [-0.05, 0) is 49.7 Å². The molecule has 0 aliphatic rings. The Morgan fingerprint density at radius 2 is 2.05 bits per heavy atom. The first-order chi connectivity index (χ1) is 11.4. The summed E-state index contributed by atoms with van der Waals surface area (Å²) < 4.78 is 28.4. The average Bonchev–Trinajstić information content (AvgIpc) is 2.91. The van der Waals surface area contributed by atoms with Crippen LogP contribution in [0.15, 0.2) is 53.1 Å². The third-order valence-electron chi connectivity index (χ3n) is 3.56. The van der Waals surface area contributed by atoms with Crippen LogP contribution in [0.1, 0.15) is 15.4 Å². The normalized spacial score (nSPS) is 14.0. The highest BCUT2D eigenvalue weighted by Gasteiger charge is 2.13. The maximum Gasteiger partial charge on any atom is 0.227 e. The molecule has 4 aromatic rings. The third-order valence-corrected chi connectivity index (χ3v) is 3.56. The number of pyridine rings is 2. The minimum absolute atomic E-state index is 0.0317. The molecule has 3 aromatic heterocycles. The lowest BCUT2D eigenvalue weighted by atomic mass is 10.1. The lowest BCUT2D eigenvalue weighted by Gasteiger charge is -2.02. The largest absolute Gasteiger partial charge is 0.437 e. The van der Waals surface area contributed by atoms with Crippen molar-refractivity contribution in [1.82, 2.24) is 9.97 Å². The first kappa shape index (κ1) is 9.29. The Kier molecular flexibility index (Phi) is 1.95. The van der Waals surface area contributed by atoms with Crippen molar-refractivity contribution in [2.75, 3.05) is 0 Å². The van der Waals surface area contributed by atoms with Gasteiger partial charge < -0.3 is 4.42 Å². The van der Waals surface area contributed by atoms with E-state index in [0.717, 1.165) is 27.6 Å². The zero-order chi connectivity index (χ0) is 16.9. The van der Waals surface area contributed by atoms with Crippen LogP contribution in [0.25, 0.3) is 33.3 Å². The summed E-state index contributed by atoms with van der Waals surface area (Å²) in [5.41, 5.74) is 3.82. The summed E-state index contributed by atoms with van der Waals surface area (Å²) in [6.07, 6.45) is 1.76. The molecule has 3 nitrogen and oxygen atoms in total. The average molecular weight is 277 g/mol. The van der Waals surface area contributed by atoms with Crippen LogP contribution in [0.5, 0.6) is 0 Å². The minimum atomic E-state index is -2.26. The van der Waals surface area contributed by atoms with Crippen molar-refractivity contribution < 1.29 is 8.53 Å². The number of fused-ring (bicyclic) bond motifs is 3. The molecule has 0 unspecified atom stereocenters. The number of nitrogens with zero attached hydrogens (tertiary/aromatic N) is 2. The SMILES string of the molecule is [2H]C([2H])([2H])c1ccc2c(n1)oc1c(-c3cc(C)ccn3)cccc12. The molecule has 0 spiro atoms. The van der Waals surface area contributed by atoms with E-state index in [1.165, 1.54) is 6.07 Å². The molecule has 1 aromatic carbocycles. The topological polar surface area (TPSA) is 38.9 Å². The van der Waals surface area contributed by atoms with Crippen molar-refractivity contribution in [3.63, 3.8) is 0 Å². The summed E-state index contributed by atoms with van der Waals surface area (Å²) in [5, 5.41) is 1.70. The Morgan fingerprint density at radius 3 is 2.90 bits per heavy atom. The molecule has 0 bridgehead atoms. The molecular weight excluding hydrogens is 260 g/mol. The number of benzene rings is 1. The van der Waals surface area contributed by atoms with E-state index in [2.05, 4.69) is 9.97 Å². The fraction of sp³-hybridized carbons (Fsp3) is 0.111. The maximum atomic E-state index is 7.50. The highest BCUT2D eigenvalue weighted by atomic mass is 16.3. The number of hydrogen-bond donors (Lipinski definition) is 0. The Morgan fingerprint density at radius 1 is 1.10 bits per heavy atom. The van der Waals surface area contributed by atoms with E-state index in [0.29, 0.717) is 11.3 Å². The molecule has 0 N–H and O–H groups in total. The Bertz CT molecular complexity index is 1070. The van der Waals surface area contributed by atoms with Crippen molar-refractivity contribution in [2.45, 2.75) is 13.8 Å². The molecule has 0 amide bonds. The van der Waals surface area contributed by atoms with Gasteiger partial charge in [-0.1, -0.05) is 12.1 Å². The van der Waals surface area contributed by atoms with Crippen LogP contribution in [0.3, 0.4) is 0 Å². The quantitative estimate of drug-likeness (QED) is 0.508. The summed E-state index contributed by atoms with van der Waals surface area (Å²) in [6.45, 7) is -0.248. The van der Waals surface area contributed by atoms with Crippen molar-refractivity contribution in [1.29, 1.82) is 0 Å². The van der Waals surface area contributed by atoms with Gasteiger partial charge in [0.05, 0.1) is 5.69 Å². The predicted molar refractivity (Wildman–Crippen MR) is 84.2 cm³/mol.